The fraction of sp³-hybridized carbons (Fsp3) is 0.524. The first-order chi connectivity index (χ1) is 11.7. The van der Waals surface area contributed by atoms with E-state index in [0.29, 0.717) is 6.61 Å². The van der Waals surface area contributed by atoms with E-state index in [1.54, 1.807) is 6.92 Å². The number of carbonyl (C=O) groups excluding carboxylic acids is 1. The second-order valence-electron chi connectivity index (χ2n) is 5.93. The van der Waals surface area contributed by atoms with Gasteiger partial charge in [0.05, 0.1) is 12.7 Å². The molecule has 1 aromatic rings. The third kappa shape index (κ3) is 6.20. The molecule has 0 amide bonds. The van der Waals surface area contributed by atoms with E-state index in [-0.39, 0.29) is 5.92 Å². The minimum absolute atomic E-state index is 0.0749. The first kappa shape index (κ1) is 20.0. The molecule has 0 saturated carbocycles. The predicted octanol–water partition coefficient (Wildman–Crippen LogP) is 5.07. The highest BCUT2D eigenvalue weighted by atomic mass is 16.5. The van der Waals surface area contributed by atoms with Gasteiger partial charge in [-0.15, -0.1) is 0 Å². The first-order valence-electron chi connectivity index (χ1n) is 8.96. The highest BCUT2D eigenvalue weighted by Crippen LogP contribution is 2.30. The van der Waals surface area contributed by atoms with Crippen molar-refractivity contribution in [2.75, 3.05) is 6.61 Å². The number of benzene rings is 1. The Bertz CT molecular complexity index is 557. The Morgan fingerprint density at radius 1 is 1.25 bits per heavy atom. The first-order valence-corrected chi connectivity index (χ1v) is 8.96. The van der Waals surface area contributed by atoms with Crippen molar-refractivity contribution in [1.82, 2.24) is 0 Å². The van der Waals surface area contributed by atoms with Crippen molar-refractivity contribution in [2.45, 2.75) is 52.9 Å². The molecule has 3 nitrogen and oxygen atoms in total. The summed E-state index contributed by atoms with van der Waals surface area (Å²) in [6.45, 7) is 6.31. The predicted molar refractivity (Wildman–Crippen MR) is 97.3 cm³/mol. The molecule has 0 spiro atoms. The quantitative estimate of drug-likeness (QED) is 0.445. The maximum absolute atomic E-state index is 12.3. The monoisotopic (exact) mass is 327 g/mol. The number of nitriles is 1. The van der Waals surface area contributed by atoms with E-state index in [4.69, 9.17) is 4.74 Å². The summed E-state index contributed by atoms with van der Waals surface area (Å²) in [5.41, 5.74) is 2.45. The molecule has 0 radical (unpaired) electrons. The van der Waals surface area contributed by atoms with Crippen LogP contribution in [0.1, 0.15) is 52.0 Å². The van der Waals surface area contributed by atoms with Gasteiger partial charge in [0, 0.05) is 5.92 Å². The number of rotatable bonds is 10. The summed E-state index contributed by atoms with van der Waals surface area (Å²) in [6, 6.07) is 12.4. The summed E-state index contributed by atoms with van der Waals surface area (Å²) >= 11 is 0. The Morgan fingerprint density at radius 3 is 2.50 bits per heavy atom. The smallest absolute Gasteiger partial charge is 0.323 e. The van der Waals surface area contributed by atoms with E-state index in [0.717, 1.165) is 32.1 Å². The van der Waals surface area contributed by atoms with E-state index in [2.05, 4.69) is 38.1 Å². The number of carbonyl (C=O) groups is 1. The molecule has 3 heteroatoms. The van der Waals surface area contributed by atoms with Crippen LogP contribution in [0.25, 0.3) is 0 Å². The molecule has 0 aliphatic carbocycles. The Kier molecular flexibility index (Phi) is 9.53. The van der Waals surface area contributed by atoms with Gasteiger partial charge in [-0.2, -0.15) is 5.26 Å². The van der Waals surface area contributed by atoms with Crippen LogP contribution in [-0.4, -0.2) is 12.6 Å². The number of nitrogens with zero attached hydrogens (tertiary/aromatic N) is 1. The van der Waals surface area contributed by atoms with Crippen molar-refractivity contribution in [1.29, 1.82) is 5.26 Å². The molecule has 0 saturated heterocycles. The molecule has 0 N–H and O–H groups in total. The van der Waals surface area contributed by atoms with Crippen molar-refractivity contribution in [3.8, 4) is 6.07 Å². The molecule has 2 atom stereocenters. The van der Waals surface area contributed by atoms with E-state index < -0.39 is 11.9 Å². The lowest BCUT2D eigenvalue weighted by Gasteiger charge is -2.24. The molecule has 0 heterocycles. The fourth-order valence-electron chi connectivity index (χ4n) is 3.06. The molecular formula is C21H29NO2. The summed E-state index contributed by atoms with van der Waals surface area (Å²) < 4.78 is 5.15. The lowest BCUT2D eigenvalue weighted by molar-refractivity contribution is -0.147. The van der Waals surface area contributed by atoms with Crippen LogP contribution in [0.2, 0.25) is 0 Å². The summed E-state index contributed by atoms with van der Waals surface area (Å²) in [5, 5.41) is 9.60. The largest absolute Gasteiger partial charge is 0.465 e. The maximum atomic E-state index is 12.3. The SMILES string of the molecule is CCC=C(CCC)[C@@H](CCc1ccccc1)C(C#N)C(=O)OCC. The van der Waals surface area contributed by atoms with Crippen LogP contribution in [0.4, 0.5) is 0 Å². The molecule has 0 aromatic heterocycles. The van der Waals surface area contributed by atoms with Gasteiger partial charge in [0.15, 0.2) is 5.92 Å². The summed E-state index contributed by atoms with van der Waals surface area (Å²) in [4.78, 5) is 12.3. The van der Waals surface area contributed by atoms with Crippen molar-refractivity contribution in [3.05, 3.63) is 47.5 Å². The van der Waals surface area contributed by atoms with Gasteiger partial charge in [-0.05, 0) is 38.2 Å². The second kappa shape index (κ2) is 11.5. The van der Waals surface area contributed by atoms with Crippen LogP contribution in [0.3, 0.4) is 0 Å². The van der Waals surface area contributed by atoms with Crippen molar-refractivity contribution in [2.24, 2.45) is 11.8 Å². The van der Waals surface area contributed by atoms with Crippen molar-refractivity contribution < 1.29 is 9.53 Å². The van der Waals surface area contributed by atoms with Crippen LogP contribution in [0.15, 0.2) is 42.0 Å². The minimum Gasteiger partial charge on any atom is -0.465 e. The number of hydrogen-bond donors (Lipinski definition) is 0. The topological polar surface area (TPSA) is 50.1 Å². The second-order valence-corrected chi connectivity index (χ2v) is 5.93. The molecule has 1 unspecified atom stereocenters. The third-order valence-electron chi connectivity index (χ3n) is 4.15. The Balaban J connectivity index is 3.02. The van der Waals surface area contributed by atoms with Crippen LogP contribution in [0, 0.1) is 23.2 Å². The van der Waals surface area contributed by atoms with Gasteiger partial charge in [0.2, 0.25) is 0 Å². The number of esters is 1. The lowest BCUT2D eigenvalue weighted by Crippen LogP contribution is -2.27. The van der Waals surface area contributed by atoms with Gasteiger partial charge >= 0.3 is 5.97 Å². The summed E-state index contributed by atoms with van der Waals surface area (Å²) in [7, 11) is 0. The Morgan fingerprint density at radius 2 is 1.96 bits per heavy atom. The molecule has 24 heavy (non-hydrogen) atoms. The number of aryl methyl sites for hydroxylation is 1. The van der Waals surface area contributed by atoms with E-state index in [9.17, 15) is 10.1 Å². The van der Waals surface area contributed by atoms with Crippen LogP contribution in [0.5, 0.6) is 0 Å². The number of allylic oxidation sites excluding steroid dienone is 2. The van der Waals surface area contributed by atoms with Crippen LogP contribution >= 0.6 is 0 Å². The van der Waals surface area contributed by atoms with Gasteiger partial charge in [0.25, 0.3) is 0 Å². The summed E-state index contributed by atoms with van der Waals surface area (Å²) in [5.74, 6) is -1.19. The standard InChI is InChI=1S/C21H29NO2/c1-4-10-18(11-5-2)19(20(16-22)21(23)24-6-3)15-14-17-12-8-7-9-13-17/h7-10,12-13,19-20H,4-6,11,14-15H2,1-3H3/t19-,20?/m1/s1. The summed E-state index contributed by atoms with van der Waals surface area (Å²) in [6.07, 6.45) is 6.67. The van der Waals surface area contributed by atoms with Gasteiger partial charge < -0.3 is 4.74 Å². The fourth-order valence-corrected chi connectivity index (χ4v) is 3.06. The minimum atomic E-state index is -0.724. The molecule has 0 aliphatic rings. The molecule has 0 aliphatic heterocycles. The van der Waals surface area contributed by atoms with Crippen molar-refractivity contribution in [3.63, 3.8) is 0 Å². The van der Waals surface area contributed by atoms with E-state index >= 15 is 0 Å². The van der Waals surface area contributed by atoms with Crippen LogP contribution < -0.4 is 0 Å². The zero-order valence-electron chi connectivity index (χ0n) is 15.1. The Hall–Kier alpha value is -2.08. The molecule has 0 bridgehead atoms. The van der Waals surface area contributed by atoms with Gasteiger partial charge in [-0.1, -0.05) is 62.2 Å². The Labute approximate surface area is 146 Å². The van der Waals surface area contributed by atoms with Gasteiger partial charge in [-0.25, -0.2) is 0 Å². The zero-order chi connectivity index (χ0) is 17.8. The highest BCUT2D eigenvalue weighted by molar-refractivity contribution is 5.76. The van der Waals surface area contributed by atoms with E-state index in [1.165, 1.54) is 11.1 Å². The van der Waals surface area contributed by atoms with Crippen LogP contribution in [-0.2, 0) is 16.0 Å². The number of hydrogen-bond acceptors (Lipinski definition) is 3. The molecule has 1 rings (SSSR count). The molecule has 130 valence electrons. The lowest BCUT2D eigenvalue weighted by atomic mass is 9.80. The maximum Gasteiger partial charge on any atom is 0.323 e. The number of ether oxygens (including phenoxy) is 1. The average Bonchev–Trinajstić information content (AvgIpc) is 2.59. The zero-order valence-corrected chi connectivity index (χ0v) is 15.1. The van der Waals surface area contributed by atoms with Crippen molar-refractivity contribution >= 4 is 5.97 Å². The molecule has 1 aromatic carbocycles. The average molecular weight is 327 g/mol. The molecule has 0 fully saturated rings. The van der Waals surface area contributed by atoms with E-state index in [1.807, 2.05) is 18.2 Å². The van der Waals surface area contributed by atoms with Gasteiger partial charge in [0.1, 0.15) is 0 Å². The molecular weight excluding hydrogens is 298 g/mol. The third-order valence-corrected chi connectivity index (χ3v) is 4.15. The highest BCUT2D eigenvalue weighted by Gasteiger charge is 2.31. The normalized spacial score (nSPS) is 13.8. The van der Waals surface area contributed by atoms with Gasteiger partial charge in [-0.3, -0.25) is 4.79 Å².